The van der Waals surface area contributed by atoms with E-state index >= 15 is 0 Å². The molecule has 128 valence electrons. The number of rotatable bonds is 3. The first kappa shape index (κ1) is 16.4. The van der Waals surface area contributed by atoms with Gasteiger partial charge in [-0.25, -0.2) is 4.98 Å². The predicted molar refractivity (Wildman–Crippen MR) is 79.8 cm³/mol. The number of para-hydroxylation sites is 1. The Balaban J connectivity index is 2.11. The Bertz CT molecular complexity index is 718. The number of methoxy groups -OCH3 is 1. The van der Waals surface area contributed by atoms with Crippen LogP contribution in [0.5, 0.6) is 5.75 Å². The van der Waals surface area contributed by atoms with Crippen molar-refractivity contribution < 1.29 is 22.6 Å². The second-order valence-electron chi connectivity index (χ2n) is 5.08. The molecule has 1 saturated heterocycles. The van der Waals surface area contributed by atoms with Gasteiger partial charge in [-0.3, -0.25) is 0 Å². The molecule has 0 N–H and O–H groups in total. The maximum atomic E-state index is 13.2. The van der Waals surface area contributed by atoms with Gasteiger partial charge in [-0.1, -0.05) is 12.1 Å². The summed E-state index contributed by atoms with van der Waals surface area (Å²) in [5, 5.41) is 0. The van der Waals surface area contributed by atoms with Gasteiger partial charge in [-0.15, -0.1) is 0 Å². The number of benzene rings is 1. The Labute approximate surface area is 136 Å². The zero-order valence-electron chi connectivity index (χ0n) is 12.9. The van der Waals surface area contributed by atoms with Crippen molar-refractivity contribution in [2.45, 2.75) is 6.18 Å². The molecule has 0 radical (unpaired) electrons. The van der Waals surface area contributed by atoms with Crippen LogP contribution in [0.15, 0.2) is 24.3 Å². The number of morpholine rings is 1. The lowest BCUT2D eigenvalue weighted by Gasteiger charge is -2.27. The summed E-state index contributed by atoms with van der Waals surface area (Å²) in [7, 11) is 1.44. The molecular formula is C15H15F3N4O2. The molecule has 2 aromatic rings. The van der Waals surface area contributed by atoms with Crippen LogP contribution in [0, 0.1) is 0 Å². The van der Waals surface area contributed by atoms with Gasteiger partial charge in [-0.2, -0.15) is 23.1 Å². The van der Waals surface area contributed by atoms with Gasteiger partial charge in [-0.05, 0) is 12.1 Å². The van der Waals surface area contributed by atoms with Crippen LogP contribution in [0.1, 0.15) is 5.82 Å². The zero-order valence-corrected chi connectivity index (χ0v) is 12.9. The van der Waals surface area contributed by atoms with E-state index in [1.54, 1.807) is 29.2 Å². The number of aromatic nitrogens is 3. The van der Waals surface area contributed by atoms with Crippen LogP contribution in [-0.2, 0) is 10.9 Å². The summed E-state index contributed by atoms with van der Waals surface area (Å²) >= 11 is 0. The van der Waals surface area contributed by atoms with E-state index in [2.05, 4.69) is 15.0 Å². The van der Waals surface area contributed by atoms with Gasteiger partial charge in [0.15, 0.2) is 5.82 Å². The van der Waals surface area contributed by atoms with E-state index in [1.165, 1.54) is 7.11 Å². The molecule has 0 amide bonds. The van der Waals surface area contributed by atoms with Gasteiger partial charge >= 0.3 is 6.18 Å². The number of hydrogen-bond donors (Lipinski definition) is 0. The van der Waals surface area contributed by atoms with E-state index in [0.29, 0.717) is 37.6 Å². The number of hydrogen-bond acceptors (Lipinski definition) is 6. The molecule has 1 aliphatic heterocycles. The maximum Gasteiger partial charge on any atom is 0.451 e. The molecule has 0 spiro atoms. The van der Waals surface area contributed by atoms with Crippen molar-refractivity contribution in [2.24, 2.45) is 0 Å². The van der Waals surface area contributed by atoms with Gasteiger partial charge in [0.05, 0.1) is 25.9 Å². The molecule has 1 aromatic carbocycles. The van der Waals surface area contributed by atoms with Crippen molar-refractivity contribution in [3.8, 4) is 17.1 Å². The maximum absolute atomic E-state index is 13.2. The lowest BCUT2D eigenvalue weighted by Crippen LogP contribution is -2.38. The van der Waals surface area contributed by atoms with Gasteiger partial charge < -0.3 is 14.4 Å². The highest BCUT2D eigenvalue weighted by molar-refractivity contribution is 5.64. The van der Waals surface area contributed by atoms with Crippen LogP contribution >= 0.6 is 0 Å². The lowest BCUT2D eigenvalue weighted by molar-refractivity contribution is -0.144. The summed E-state index contributed by atoms with van der Waals surface area (Å²) < 4.78 is 50.0. The highest BCUT2D eigenvalue weighted by atomic mass is 19.4. The number of nitrogens with zero attached hydrogens (tertiary/aromatic N) is 4. The Kier molecular flexibility index (Phi) is 4.52. The quantitative estimate of drug-likeness (QED) is 0.855. The van der Waals surface area contributed by atoms with Crippen molar-refractivity contribution in [1.82, 2.24) is 15.0 Å². The SMILES string of the molecule is COc1ccccc1-c1nc(N2CCOCC2)nc(C(F)(F)F)n1. The zero-order chi connectivity index (χ0) is 17.2. The topological polar surface area (TPSA) is 60.4 Å². The summed E-state index contributed by atoms with van der Waals surface area (Å²) in [5.74, 6) is -0.914. The van der Waals surface area contributed by atoms with E-state index in [-0.39, 0.29) is 11.8 Å². The minimum absolute atomic E-state index is 0.0125. The molecule has 9 heteroatoms. The Morgan fingerprint density at radius 3 is 2.46 bits per heavy atom. The van der Waals surface area contributed by atoms with Crippen molar-refractivity contribution in [3.63, 3.8) is 0 Å². The Morgan fingerprint density at radius 1 is 1.08 bits per heavy atom. The lowest BCUT2D eigenvalue weighted by atomic mass is 10.2. The van der Waals surface area contributed by atoms with Crippen molar-refractivity contribution in [2.75, 3.05) is 38.3 Å². The smallest absolute Gasteiger partial charge is 0.451 e. The first-order chi connectivity index (χ1) is 11.5. The van der Waals surface area contributed by atoms with Gasteiger partial charge in [0, 0.05) is 13.1 Å². The molecule has 0 aliphatic carbocycles. The van der Waals surface area contributed by atoms with Crippen LogP contribution < -0.4 is 9.64 Å². The van der Waals surface area contributed by atoms with Crippen LogP contribution in [0.2, 0.25) is 0 Å². The molecule has 0 atom stereocenters. The fraction of sp³-hybridized carbons (Fsp3) is 0.400. The molecule has 1 fully saturated rings. The fourth-order valence-corrected chi connectivity index (χ4v) is 2.35. The van der Waals surface area contributed by atoms with Crippen molar-refractivity contribution in [3.05, 3.63) is 30.1 Å². The molecule has 6 nitrogen and oxygen atoms in total. The predicted octanol–water partition coefficient (Wildman–Crippen LogP) is 2.40. The fourth-order valence-electron chi connectivity index (χ4n) is 2.35. The third kappa shape index (κ3) is 3.40. The number of alkyl halides is 3. The highest BCUT2D eigenvalue weighted by Gasteiger charge is 2.36. The first-order valence-electron chi connectivity index (χ1n) is 7.28. The molecule has 0 bridgehead atoms. The Morgan fingerprint density at radius 2 is 1.79 bits per heavy atom. The number of halogens is 3. The molecular weight excluding hydrogens is 325 g/mol. The second-order valence-corrected chi connectivity index (χ2v) is 5.08. The van der Waals surface area contributed by atoms with Gasteiger partial charge in [0.1, 0.15) is 5.75 Å². The van der Waals surface area contributed by atoms with Gasteiger partial charge in [0.2, 0.25) is 11.8 Å². The average molecular weight is 340 g/mol. The van der Waals surface area contributed by atoms with E-state index in [9.17, 15) is 13.2 Å². The highest BCUT2D eigenvalue weighted by Crippen LogP contribution is 2.32. The summed E-state index contributed by atoms with van der Waals surface area (Å²) in [6.45, 7) is 1.67. The van der Waals surface area contributed by atoms with Gasteiger partial charge in [0.25, 0.3) is 0 Å². The summed E-state index contributed by atoms with van der Waals surface area (Å²) in [4.78, 5) is 13.1. The Hall–Kier alpha value is -2.42. The average Bonchev–Trinajstić information content (AvgIpc) is 2.61. The van der Waals surface area contributed by atoms with Crippen LogP contribution in [0.4, 0.5) is 19.1 Å². The molecule has 2 heterocycles. The standard InChI is InChI=1S/C15H15F3N4O2/c1-23-11-5-3-2-4-10(11)12-19-13(15(16,17)18)21-14(20-12)22-6-8-24-9-7-22/h2-5H,6-9H2,1H3. The number of ether oxygens (including phenoxy) is 2. The largest absolute Gasteiger partial charge is 0.496 e. The van der Waals surface area contributed by atoms with Crippen LogP contribution in [-0.4, -0.2) is 48.4 Å². The number of anilines is 1. The molecule has 1 aliphatic rings. The van der Waals surface area contributed by atoms with E-state index < -0.39 is 12.0 Å². The minimum atomic E-state index is -4.67. The molecule has 24 heavy (non-hydrogen) atoms. The van der Waals surface area contributed by atoms with E-state index in [0.717, 1.165) is 0 Å². The van der Waals surface area contributed by atoms with E-state index in [1.807, 2.05) is 0 Å². The monoisotopic (exact) mass is 340 g/mol. The van der Waals surface area contributed by atoms with E-state index in [4.69, 9.17) is 9.47 Å². The minimum Gasteiger partial charge on any atom is -0.496 e. The first-order valence-corrected chi connectivity index (χ1v) is 7.28. The summed E-state index contributed by atoms with van der Waals surface area (Å²) in [6, 6.07) is 6.65. The normalized spacial score (nSPS) is 15.4. The third-order valence-corrected chi connectivity index (χ3v) is 3.52. The van der Waals surface area contributed by atoms with Crippen LogP contribution in [0.25, 0.3) is 11.4 Å². The molecule has 3 rings (SSSR count). The third-order valence-electron chi connectivity index (χ3n) is 3.52. The summed E-state index contributed by atoms with van der Waals surface area (Å²) in [5.41, 5.74) is 0.377. The van der Waals surface area contributed by atoms with Crippen LogP contribution in [0.3, 0.4) is 0 Å². The molecule has 0 saturated carbocycles. The molecule has 0 unspecified atom stereocenters. The molecule has 1 aromatic heterocycles. The van der Waals surface area contributed by atoms with Crippen molar-refractivity contribution >= 4 is 5.95 Å². The van der Waals surface area contributed by atoms with Crippen molar-refractivity contribution in [1.29, 1.82) is 0 Å². The summed E-state index contributed by atoms with van der Waals surface area (Å²) in [6.07, 6.45) is -4.67. The second kappa shape index (κ2) is 6.60.